The smallest absolute Gasteiger partial charge is 0.0852 e. The van der Waals surface area contributed by atoms with Crippen molar-refractivity contribution in [3.63, 3.8) is 0 Å². The van der Waals surface area contributed by atoms with E-state index in [4.69, 9.17) is 9.98 Å². The number of anilines is 1. The minimum absolute atomic E-state index is 0.809. The number of aromatic nitrogens is 2. The van der Waals surface area contributed by atoms with Crippen molar-refractivity contribution in [2.24, 2.45) is 4.99 Å². The fraction of sp³-hybridized carbons (Fsp3) is 0.192. The van der Waals surface area contributed by atoms with Gasteiger partial charge >= 0.3 is 0 Å². The quantitative estimate of drug-likeness (QED) is 0.549. The van der Waals surface area contributed by atoms with Crippen molar-refractivity contribution in [2.75, 3.05) is 31.1 Å². The molecule has 0 saturated carbocycles. The first-order valence-corrected chi connectivity index (χ1v) is 10.8. The molecule has 1 fully saturated rings. The van der Waals surface area contributed by atoms with Gasteiger partial charge in [0.25, 0.3) is 0 Å². The first-order chi connectivity index (χ1) is 15.3. The molecule has 0 aliphatic carbocycles. The maximum atomic E-state index is 4.85. The Bertz CT molecular complexity index is 1290. The van der Waals surface area contributed by atoms with Crippen LogP contribution in [0.5, 0.6) is 0 Å². The van der Waals surface area contributed by atoms with Crippen molar-refractivity contribution in [3.05, 3.63) is 84.2 Å². The zero-order chi connectivity index (χ0) is 20.6. The van der Waals surface area contributed by atoms with Crippen molar-refractivity contribution in [1.82, 2.24) is 15.3 Å². The Morgan fingerprint density at radius 1 is 0.806 bits per heavy atom. The van der Waals surface area contributed by atoms with Gasteiger partial charge in [0.2, 0.25) is 0 Å². The zero-order valence-electron chi connectivity index (χ0n) is 17.3. The van der Waals surface area contributed by atoms with Crippen molar-refractivity contribution in [3.8, 4) is 11.3 Å². The number of piperazine rings is 1. The Morgan fingerprint density at radius 2 is 1.68 bits per heavy atom. The number of pyridine rings is 2. The van der Waals surface area contributed by atoms with Crippen LogP contribution in [-0.4, -0.2) is 41.9 Å². The van der Waals surface area contributed by atoms with Gasteiger partial charge in [-0.05, 0) is 29.8 Å². The summed E-state index contributed by atoms with van der Waals surface area (Å²) in [6.07, 6.45) is 4.66. The molecule has 4 aromatic rings. The minimum atomic E-state index is 0.809. The molecular formula is C26H23N5. The summed E-state index contributed by atoms with van der Waals surface area (Å²) in [6, 6.07) is 21.3. The molecule has 5 nitrogen and oxygen atoms in total. The van der Waals surface area contributed by atoms with Crippen LogP contribution in [0.1, 0.15) is 11.1 Å². The van der Waals surface area contributed by atoms with E-state index in [2.05, 4.69) is 57.7 Å². The van der Waals surface area contributed by atoms with Gasteiger partial charge in [-0.15, -0.1) is 0 Å². The molecule has 2 aliphatic rings. The van der Waals surface area contributed by atoms with Crippen LogP contribution >= 0.6 is 0 Å². The summed E-state index contributed by atoms with van der Waals surface area (Å²) in [5.41, 5.74) is 8.73. The van der Waals surface area contributed by atoms with Gasteiger partial charge < -0.3 is 10.2 Å². The Kier molecular flexibility index (Phi) is 4.47. The van der Waals surface area contributed by atoms with E-state index < -0.39 is 0 Å². The molecule has 6 rings (SSSR count). The van der Waals surface area contributed by atoms with Gasteiger partial charge in [-0.3, -0.25) is 15.0 Å². The molecule has 31 heavy (non-hydrogen) atoms. The third-order valence-electron chi connectivity index (χ3n) is 6.13. The maximum absolute atomic E-state index is 4.85. The van der Waals surface area contributed by atoms with Crippen molar-refractivity contribution < 1.29 is 0 Å². The average Bonchev–Trinajstić information content (AvgIpc) is 3.28. The second-order valence-electron chi connectivity index (χ2n) is 8.14. The second-order valence-corrected chi connectivity index (χ2v) is 8.14. The third-order valence-corrected chi connectivity index (χ3v) is 6.13. The normalized spacial score (nSPS) is 15.7. The molecule has 0 amide bonds. The van der Waals surface area contributed by atoms with Crippen LogP contribution < -0.4 is 10.2 Å². The number of nitrogens with one attached hydrogen (secondary N) is 1. The SMILES string of the molecule is c1ccc(-c2cc3c(cn2)N=C(c2cnc4cc(N5CCNCC5)ccc4c2)C3)cc1. The van der Waals surface area contributed by atoms with E-state index in [1.54, 1.807) is 0 Å². The average molecular weight is 406 g/mol. The van der Waals surface area contributed by atoms with E-state index in [0.29, 0.717) is 0 Å². The molecule has 0 bridgehead atoms. The van der Waals surface area contributed by atoms with Gasteiger partial charge in [0, 0.05) is 61.0 Å². The summed E-state index contributed by atoms with van der Waals surface area (Å²) >= 11 is 0. The van der Waals surface area contributed by atoms with Crippen molar-refractivity contribution in [1.29, 1.82) is 0 Å². The fourth-order valence-electron chi connectivity index (χ4n) is 4.42. The molecule has 2 aromatic heterocycles. The Hall–Kier alpha value is -3.57. The number of hydrogen-bond acceptors (Lipinski definition) is 5. The highest BCUT2D eigenvalue weighted by Crippen LogP contribution is 2.32. The summed E-state index contributed by atoms with van der Waals surface area (Å²) in [4.78, 5) is 16.7. The van der Waals surface area contributed by atoms with E-state index in [-0.39, 0.29) is 0 Å². The van der Waals surface area contributed by atoms with Crippen LogP contribution in [0.25, 0.3) is 22.2 Å². The number of fused-ring (bicyclic) bond motifs is 2. The van der Waals surface area contributed by atoms with Crippen LogP contribution in [-0.2, 0) is 6.42 Å². The number of aliphatic imine (C=N–C) groups is 1. The molecule has 1 N–H and O–H groups in total. The molecule has 5 heteroatoms. The van der Waals surface area contributed by atoms with Crippen molar-refractivity contribution in [2.45, 2.75) is 6.42 Å². The van der Waals surface area contributed by atoms with Gasteiger partial charge in [-0.1, -0.05) is 36.4 Å². The third kappa shape index (κ3) is 3.47. The molecule has 0 spiro atoms. The highest BCUT2D eigenvalue weighted by Gasteiger charge is 2.18. The molecular weight excluding hydrogens is 382 g/mol. The highest BCUT2D eigenvalue weighted by molar-refractivity contribution is 6.08. The van der Waals surface area contributed by atoms with Crippen molar-refractivity contribution >= 4 is 28.0 Å². The van der Waals surface area contributed by atoms with Crippen LogP contribution in [0.4, 0.5) is 11.4 Å². The lowest BCUT2D eigenvalue weighted by molar-refractivity contribution is 0.589. The van der Waals surface area contributed by atoms with E-state index >= 15 is 0 Å². The van der Waals surface area contributed by atoms with Gasteiger partial charge in [0.1, 0.15) is 0 Å². The summed E-state index contributed by atoms with van der Waals surface area (Å²) in [5.74, 6) is 0. The Labute approximate surface area is 181 Å². The first kappa shape index (κ1) is 18.2. The maximum Gasteiger partial charge on any atom is 0.0852 e. The van der Waals surface area contributed by atoms with Crippen LogP contribution in [0.2, 0.25) is 0 Å². The molecule has 0 atom stereocenters. The predicted octanol–water partition coefficient (Wildman–Crippen LogP) is 4.38. The molecule has 4 heterocycles. The van der Waals surface area contributed by atoms with Gasteiger partial charge in [0.15, 0.2) is 0 Å². The lowest BCUT2D eigenvalue weighted by atomic mass is 10.0. The zero-order valence-corrected chi connectivity index (χ0v) is 17.3. The standard InChI is InChI=1S/C26H23N5/c1-2-4-18(5-3-1)23-13-20-14-25(30-26(20)17-29-23)21-12-19-6-7-22(15-24(19)28-16-21)31-10-8-27-9-11-31/h1-7,12-13,15-17,27H,8-11,14H2. The molecule has 0 radical (unpaired) electrons. The van der Waals surface area contributed by atoms with Gasteiger partial charge in [-0.25, -0.2) is 0 Å². The molecule has 2 aromatic carbocycles. The highest BCUT2D eigenvalue weighted by atomic mass is 15.2. The van der Waals surface area contributed by atoms with E-state index in [1.165, 1.54) is 11.3 Å². The fourth-order valence-corrected chi connectivity index (χ4v) is 4.42. The minimum Gasteiger partial charge on any atom is -0.369 e. The summed E-state index contributed by atoms with van der Waals surface area (Å²) < 4.78 is 0. The molecule has 152 valence electrons. The number of benzene rings is 2. The Morgan fingerprint density at radius 3 is 2.55 bits per heavy atom. The first-order valence-electron chi connectivity index (χ1n) is 10.8. The Balaban J connectivity index is 1.27. The number of hydrogen-bond donors (Lipinski definition) is 1. The summed E-state index contributed by atoms with van der Waals surface area (Å²) in [6.45, 7) is 4.15. The van der Waals surface area contributed by atoms with Crippen LogP contribution in [0, 0.1) is 0 Å². The van der Waals surface area contributed by atoms with Crippen LogP contribution in [0.3, 0.4) is 0 Å². The molecule has 2 aliphatic heterocycles. The lowest BCUT2D eigenvalue weighted by Gasteiger charge is -2.29. The number of nitrogens with zero attached hydrogens (tertiary/aromatic N) is 4. The number of rotatable bonds is 3. The van der Waals surface area contributed by atoms with E-state index in [9.17, 15) is 0 Å². The largest absolute Gasteiger partial charge is 0.369 e. The molecule has 1 saturated heterocycles. The van der Waals surface area contributed by atoms with Gasteiger partial charge in [-0.2, -0.15) is 0 Å². The van der Waals surface area contributed by atoms with Gasteiger partial charge in [0.05, 0.1) is 28.8 Å². The second kappa shape index (κ2) is 7.60. The monoisotopic (exact) mass is 405 g/mol. The summed E-state index contributed by atoms with van der Waals surface area (Å²) in [5, 5.41) is 4.56. The van der Waals surface area contributed by atoms with Crippen LogP contribution in [0.15, 0.2) is 78.0 Å². The van der Waals surface area contributed by atoms with E-state index in [1.807, 2.05) is 30.6 Å². The lowest BCUT2D eigenvalue weighted by Crippen LogP contribution is -2.43. The topological polar surface area (TPSA) is 53.4 Å². The van der Waals surface area contributed by atoms with E-state index in [0.717, 1.165) is 71.7 Å². The molecule has 0 unspecified atom stereocenters. The predicted molar refractivity (Wildman–Crippen MR) is 126 cm³/mol. The summed E-state index contributed by atoms with van der Waals surface area (Å²) in [7, 11) is 0.